The molecule has 0 N–H and O–H groups in total. The van der Waals surface area contributed by atoms with Crippen molar-refractivity contribution in [2.24, 2.45) is 0 Å². The molecule has 61 heavy (non-hydrogen) atoms. The van der Waals surface area contributed by atoms with Gasteiger partial charge < -0.3 is 9.80 Å². The largest absolute Gasteiger partial charge is 0.311 e. The second-order valence-electron chi connectivity index (χ2n) is 24.8. The lowest BCUT2D eigenvalue weighted by Crippen LogP contribution is -2.60. The normalized spacial score (nSPS) is 21.2. The highest BCUT2D eigenvalue weighted by Gasteiger charge is 2.50. The molecule has 2 aliphatic heterocycles. The zero-order valence-electron chi connectivity index (χ0n) is 39.6. The summed E-state index contributed by atoms with van der Waals surface area (Å²) in [6.45, 7) is 36.6. The van der Waals surface area contributed by atoms with Crippen molar-refractivity contribution in [2.75, 3.05) is 9.80 Å². The van der Waals surface area contributed by atoms with Crippen LogP contribution in [0.3, 0.4) is 0 Å². The summed E-state index contributed by atoms with van der Waals surface area (Å²) >= 11 is 2.03. The fourth-order valence-corrected chi connectivity index (χ4v) is 15.4. The Morgan fingerprint density at radius 3 is 1.51 bits per heavy atom. The summed E-state index contributed by atoms with van der Waals surface area (Å²) in [4.78, 5) is 5.37. The van der Waals surface area contributed by atoms with Crippen molar-refractivity contribution in [3.63, 3.8) is 0 Å². The molecule has 312 valence electrons. The third-order valence-electron chi connectivity index (χ3n) is 16.1. The third kappa shape index (κ3) is 5.39. The lowest BCUT2D eigenvalue weighted by Gasteiger charge is -2.44. The minimum atomic E-state index is 0.0350. The Labute approximate surface area is 370 Å². The van der Waals surface area contributed by atoms with Gasteiger partial charge in [-0.3, -0.25) is 0 Å². The summed E-state index contributed by atoms with van der Waals surface area (Å²) in [7, 11) is 0. The van der Waals surface area contributed by atoms with Crippen LogP contribution in [0, 0.1) is 0 Å². The summed E-state index contributed by atoms with van der Waals surface area (Å²) in [6, 6.07) is 34.8. The molecule has 0 bridgehead atoms. The first-order valence-corrected chi connectivity index (χ1v) is 23.9. The first kappa shape index (κ1) is 39.6. The van der Waals surface area contributed by atoms with Gasteiger partial charge in [0, 0.05) is 43.3 Å². The number of rotatable bonds is 2. The van der Waals surface area contributed by atoms with Gasteiger partial charge in [0.1, 0.15) is 0 Å². The topological polar surface area (TPSA) is 6.48 Å². The van der Waals surface area contributed by atoms with Crippen molar-refractivity contribution in [3.8, 4) is 0 Å². The van der Waals surface area contributed by atoms with Crippen molar-refractivity contribution in [1.82, 2.24) is 0 Å². The maximum atomic E-state index is 2.69. The zero-order chi connectivity index (χ0) is 43.4. The Kier molecular flexibility index (Phi) is 7.68. The van der Waals surface area contributed by atoms with Gasteiger partial charge in [-0.2, -0.15) is 0 Å². The van der Waals surface area contributed by atoms with Crippen molar-refractivity contribution < 1.29 is 0 Å². The average Bonchev–Trinajstić information content (AvgIpc) is 3.75. The molecular formula is C57H65BN2S. The van der Waals surface area contributed by atoms with E-state index in [1.165, 1.54) is 98.9 Å². The van der Waals surface area contributed by atoms with E-state index in [0.29, 0.717) is 0 Å². The van der Waals surface area contributed by atoms with E-state index in [1.54, 1.807) is 0 Å². The summed E-state index contributed by atoms with van der Waals surface area (Å²) in [5.74, 6) is 0. The van der Waals surface area contributed by atoms with Crippen LogP contribution in [-0.4, -0.2) is 6.71 Å². The van der Waals surface area contributed by atoms with Crippen LogP contribution in [0.4, 0.5) is 34.1 Å². The van der Waals surface area contributed by atoms with E-state index in [9.17, 15) is 0 Å². The van der Waals surface area contributed by atoms with E-state index >= 15 is 0 Å². The van der Waals surface area contributed by atoms with Crippen LogP contribution in [0.5, 0.6) is 0 Å². The van der Waals surface area contributed by atoms with Crippen LogP contribution in [0.2, 0.25) is 0 Å². The SMILES string of the molecule is CC(C)(C)c1ccc2sc3c(c2c1)N(c1ccc2c(c1)C(C)(C)CC2(C)C)c1cccc2c1B3c1cc3c(cc1N2c1ccc2c(c1)C(C)(C)CC2(C)C)C(C)(C)CC3(C)C. The molecule has 4 heteroatoms. The lowest BCUT2D eigenvalue weighted by molar-refractivity contribution is 0.402. The molecule has 1 aromatic heterocycles. The Hall–Kier alpha value is -4.28. The molecule has 0 saturated heterocycles. The smallest absolute Gasteiger partial charge is 0.264 e. The maximum Gasteiger partial charge on any atom is 0.264 e. The van der Waals surface area contributed by atoms with Crippen LogP contribution in [0.1, 0.15) is 162 Å². The van der Waals surface area contributed by atoms with Crippen LogP contribution in [0.25, 0.3) is 10.1 Å². The molecule has 5 aromatic carbocycles. The van der Waals surface area contributed by atoms with Gasteiger partial charge in [-0.1, -0.05) is 134 Å². The van der Waals surface area contributed by atoms with E-state index < -0.39 is 0 Å². The lowest BCUT2D eigenvalue weighted by atomic mass is 9.36. The minimum Gasteiger partial charge on any atom is -0.311 e. The van der Waals surface area contributed by atoms with Gasteiger partial charge in [-0.05, 0) is 162 Å². The van der Waals surface area contributed by atoms with Crippen LogP contribution < -0.4 is 25.5 Å². The highest BCUT2D eigenvalue weighted by molar-refractivity contribution is 7.33. The molecule has 3 aliphatic carbocycles. The fourth-order valence-electron chi connectivity index (χ4n) is 14.1. The molecular weight excluding hydrogens is 756 g/mol. The molecule has 0 fully saturated rings. The second-order valence-corrected chi connectivity index (χ2v) is 25.9. The predicted molar refractivity (Wildman–Crippen MR) is 267 cm³/mol. The van der Waals surface area contributed by atoms with Gasteiger partial charge in [-0.15, -0.1) is 11.3 Å². The average molecular weight is 821 g/mol. The number of benzene rings is 5. The Balaban J connectivity index is 1.25. The maximum absolute atomic E-state index is 2.69. The second kappa shape index (κ2) is 11.8. The highest BCUT2D eigenvalue weighted by atomic mass is 32.1. The van der Waals surface area contributed by atoms with Gasteiger partial charge in [0.2, 0.25) is 0 Å². The molecule has 2 nitrogen and oxygen atoms in total. The number of thiophene rings is 1. The monoisotopic (exact) mass is 820 g/mol. The molecule has 0 amide bonds. The number of nitrogens with zero attached hydrogens (tertiary/aromatic N) is 2. The molecule has 0 radical (unpaired) electrons. The van der Waals surface area contributed by atoms with Crippen molar-refractivity contribution >= 4 is 78.0 Å². The number of hydrogen-bond acceptors (Lipinski definition) is 3. The summed E-state index contributed by atoms with van der Waals surface area (Å²) < 4.78 is 2.84. The molecule has 0 atom stereocenters. The van der Waals surface area contributed by atoms with E-state index in [2.05, 4.69) is 199 Å². The Morgan fingerprint density at radius 1 is 0.492 bits per heavy atom. The first-order chi connectivity index (χ1) is 28.3. The summed E-state index contributed by atoms with van der Waals surface area (Å²) in [6.07, 6.45) is 3.46. The highest BCUT2D eigenvalue weighted by Crippen LogP contribution is 2.56. The van der Waals surface area contributed by atoms with E-state index in [0.717, 1.165) is 19.3 Å². The Bertz CT molecular complexity index is 2910. The van der Waals surface area contributed by atoms with Gasteiger partial charge in [0.25, 0.3) is 6.71 Å². The first-order valence-electron chi connectivity index (χ1n) is 23.1. The molecule has 11 rings (SSSR count). The fraction of sp³-hybridized carbons (Fsp3) is 0.439. The predicted octanol–water partition coefficient (Wildman–Crippen LogP) is 14.2. The van der Waals surface area contributed by atoms with E-state index in [4.69, 9.17) is 0 Å². The molecule has 5 aliphatic rings. The van der Waals surface area contributed by atoms with Crippen LogP contribution in [0.15, 0.2) is 84.9 Å². The van der Waals surface area contributed by atoms with Gasteiger partial charge in [0.15, 0.2) is 0 Å². The number of hydrogen-bond donors (Lipinski definition) is 0. The number of fused-ring (bicyclic) bond motifs is 9. The van der Waals surface area contributed by atoms with E-state index in [1.807, 2.05) is 11.3 Å². The standard InChI is InChI=1S/C57H65BN2S/c1-51(2,3)33-19-24-47-36(25-33)49-50(61-47)58-43-28-41-42(57(14,15)32-56(41,12)13)29-46(43)59(34-20-22-37-39(26-34)54(8,9)30-52(37,4)5)44-17-16-18-45(48(44)58)60(49)35-21-23-38-40(27-35)55(10,11)31-53(38,6)7/h16-29H,30-32H2,1-15H3. The number of anilines is 6. The molecule has 0 saturated carbocycles. The van der Waals surface area contributed by atoms with Crippen LogP contribution in [-0.2, 0) is 37.9 Å². The molecule has 6 aromatic rings. The van der Waals surface area contributed by atoms with Crippen molar-refractivity contribution in [2.45, 2.75) is 161 Å². The third-order valence-corrected chi connectivity index (χ3v) is 17.4. The Morgan fingerprint density at radius 2 is 0.967 bits per heavy atom. The van der Waals surface area contributed by atoms with Crippen molar-refractivity contribution in [3.05, 3.63) is 124 Å². The minimum absolute atomic E-state index is 0.0350. The van der Waals surface area contributed by atoms with Gasteiger partial charge >= 0.3 is 0 Å². The van der Waals surface area contributed by atoms with Gasteiger partial charge in [0.05, 0.1) is 5.69 Å². The van der Waals surface area contributed by atoms with Crippen LogP contribution >= 0.6 is 11.3 Å². The van der Waals surface area contributed by atoms with E-state index in [-0.39, 0.29) is 44.6 Å². The quantitative estimate of drug-likeness (QED) is 0.160. The molecule has 3 heterocycles. The summed E-state index contributed by atoms with van der Waals surface area (Å²) in [5, 5.41) is 1.37. The van der Waals surface area contributed by atoms with Crippen molar-refractivity contribution in [1.29, 1.82) is 0 Å². The molecule has 0 spiro atoms. The van der Waals surface area contributed by atoms with Gasteiger partial charge in [-0.25, -0.2) is 0 Å². The zero-order valence-corrected chi connectivity index (χ0v) is 40.4. The summed E-state index contributed by atoms with van der Waals surface area (Å²) in [5.41, 5.74) is 21.9. The molecule has 0 unspecified atom stereocenters.